The predicted octanol–water partition coefficient (Wildman–Crippen LogP) is 4.04. The Morgan fingerprint density at radius 3 is 2.50 bits per heavy atom. The van der Waals surface area contributed by atoms with Crippen molar-refractivity contribution in [1.29, 1.82) is 0 Å². The van der Waals surface area contributed by atoms with Crippen molar-refractivity contribution in [3.05, 3.63) is 48.0 Å². The van der Waals surface area contributed by atoms with E-state index in [-0.39, 0.29) is 5.69 Å². The predicted molar refractivity (Wildman–Crippen MR) is 73.0 cm³/mol. The van der Waals surface area contributed by atoms with Crippen LogP contribution in [-0.2, 0) is 0 Å². The largest absolute Gasteiger partial charge is 0.495 e. The molecule has 2 N–H and O–H groups in total. The second-order valence-electron chi connectivity index (χ2n) is 4.45. The minimum Gasteiger partial charge on any atom is -0.495 e. The zero-order valence-corrected chi connectivity index (χ0v) is 10.6. The molecular weight excluding hydrogens is 262 g/mol. The summed E-state index contributed by atoms with van der Waals surface area (Å²) in [5.41, 5.74) is 10.0. The van der Waals surface area contributed by atoms with Crippen molar-refractivity contribution in [2.24, 2.45) is 0 Å². The number of halogens is 2. The van der Waals surface area contributed by atoms with Crippen molar-refractivity contribution >= 4 is 16.6 Å². The molecule has 0 aliphatic heterocycles. The quantitative estimate of drug-likeness (QED) is 0.752. The summed E-state index contributed by atoms with van der Waals surface area (Å²) in [6.45, 7) is 0. The molecule has 1 radical (unpaired) electrons. The van der Waals surface area contributed by atoms with E-state index in [1.54, 1.807) is 24.3 Å². The molecule has 5 heteroatoms. The molecule has 0 atom stereocenters. The number of benzene rings is 2. The van der Waals surface area contributed by atoms with Crippen LogP contribution in [0.2, 0.25) is 0 Å². The number of aromatic amines is 1. The van der Waals surface area contributed by atoms with E-state index in [1.165, 1.54) is 7.11 Å². The van der Waals surface area contributed by atoms with Gasteiger partial charge in [-0.25, -0.2) is 8.78 Å². The Balaban J connectivity index is 2.12. The van der Waals surface area contributed by atoms with Crippen molar-refractivity contribution < 1.29 is 13.5 Å². The molecule has 3 rings (SSSR count). The van der Waals surface area contributed by atoms with E-state index >= 15 is 0 Å². The minimum absolute atomic E-state index is 0.251. The highest BCUT2D eigenvalue weighted by atomic mass is 19.2. The molecule has 1 aromatic heterocycles. The Hall–Kier alpha value is -2.56. The van der Waals surface area contributed by atoms with Crippen molar-refractivity contribution in [1.82, 2.24) is 10.7 Å². The van der Waals surface area contributed by atoms with E-state index < -0.39 is 11.6 Å². The summed E-state index contributed by atoms with van der Waals surface area (Å²) < 4.78 is 31.4. The highest BCUT2D eigenvalue weighted by Gasteiger charge is 2.09. The molecule has 0 fully saturated rings. The molecule has 0 aliphatic rings. The third kappa shape index (κ3) is 1.97. The van der Waals surface area contributed by atoms with Gasteiger partial charge in [0.25, 0.3) is 0 Å². The van der Waals surface area contributed by atoms with E-state index in [9.17, 15) is 8.78 Å². The van der Waals surface area contributed by atoms with E-state index in [4.69, 9.17) is 10.5 Å². The lowest BCUT2D eigenvalue weighted by Gasteiger charge is -2.05. The van der Waals surface area contributed by atoms with Crippen LogP contribution in [0.3, 0.4) is 0 Å². The van der Waals surface area contributed by atoms with Crippen molar-refractivity contribution in [2.45, 2.75) is 0 Å². The number of ether oxygens (including phenoxy) is 1. The van der Waals surface area contributed by atoms with Gasteiger partial charge in [0, 0.05) is 28.2 Å². The molecule has 2 aromatic carbocycles. The van der Waals surface area contributed by atoms with Gasteiger partial charge in [-0.05, 0) is 30.3 Å². The lowest BCUT2D eigenvalue weighted by Crippen LogP contribution is -1.86. The number of fused-ring (bicyclic) bond motifs is 1. The molecule has 0 saturated heterocycles. The van der Waals surface area contributed by atoms with Crippen LogP contribution < -0.4 is 10.5 Å². The number of rotatable bonds is 2. The van der Waals surface area contributed by atoms with Crippen LogP contribution >= 0.6 is 0 Å². The monoisotopic (exact) mass is 273 g/mol. The van der Waals surface area contributed by atoms with Gasteiger partial charge in [-0.1, -0.05) is 0 Å². The van der Waals surface area contributed by atoms with Gasteiger partial charge in [0.05, 0.1) is 12.8 Å². The van der Waals surface area contributed by atoms with Gasteiger partial charge in [-0.3, -0.25) is 5.73 Å². The van der Waals surface area contributed by atoms with Gasteiger partial charge >= 0.3 is 0 Å². The molecule has 0 unspecified atom stereocenters. The first-order valence-electron chi connectivity index (χ1n) is 5.96. The molecule has 20 heavy (non-hydrogen) atoms. The van der Waals surface area contributed by atoms with Gasteiger partial charge in [-0.15, -0.1) is 0 Å². The average Bonchev–Trinajstić information content (AvgIpc) is 2.82. The maximum absolute atomic E-state index is 13.2. The van der Waals surface area contributed by atoms with E-state index in [1.807, 2.05) is 0 Å². The molecule has 0 spiro atoms. The second kappa shape index (κ2) is 4.52. The van der Waals surface area contributed by atoms with Crippen LogP contribution in [0, 0.1) is 11.6 Å². The molecule has 0 saturated carbocycles. The minimum atomic E-state index is -0.887. The Labute approximate surface area is 114 Å². The lowest BCUT2D eigenvalue weighted by atomic mass is 10.1. The summed E-state index contributed by atoms with van der Waals surface area (Å²) in [7, 11) is 1.50. The van der Waals surface area contributed by atoms with Crippen molar-refractivity contribution in [2.75, 3.05) is 7.11 Å². The van der Waals surface area contributed by atoms with Gasteiger partial charge in [0.15, 0.2) is 11.6 Å². The van der Waals surface area contributed by atoms with Crippen LogP contribution in [0.15, 0.2) is 36.4 Å². The smallest absolute Gasteiger partial charge is 0.160 e. The maximum Gasteiger partial charge on any atom is 0.160 e. The highest BCUT2D eigenvalue weighted by Crippen LogP contribution is 2.31. The molecule has 3 nitrogen and oxygen atoms in total. The van der Waals surface area contributed by atoms with Crippen LogP contribution in [-0.4, -0.2) is 12.1 Å². The van der Waals surface area contributed by atoms with Crippen LogP contribution in [0.1, 0.15) is 0 Å². The summed E-state index contributed by atoms with van der Waals surface area (Å²) >= 11 is 0. The Morgan fingerprint density at radius 2 is 1.80 bits per heavy atom. The zero-order chi connectivity index (χ0) is 14.3. The third-order valence-electron chi connectivity index (χ3n) is 3.17. The van der Waals surface area contributed by atoms with Gasteiger partial charge < -0.3 is 9.72 Å². The van der Waals surface area contributed by atoms with Crippen molar-refractivity contribution in [3.63, 3.8) is 0 Å². The number of methoxy groups -OCH3 is 1. The fourth-order valence-electron chi connectivity index (χ4n) is 2.16. The number of hydrogen-bond acceptors (Lipinski definition) is 1. The number of aromatic nitrogens is 1. The fraction of sp³-hybridized carbons (Fsp3) is 0.0667. The Kier molecular flexibility index (Phi) is 2.82. The first-order chi connectivity index (χ1) is 9.58. The van der Waals surface area contributed by atoms with E-state index in [2.05, 4.69) is 4.98 Å². The summed E-state index contributed by atoms with van der Waals surface area (Å²) in [5.74, 6) is -1.29. The van der Waals surface area contributed by atoms with E-state index in [0.29, 0.717) is 22.3 Å². The van der Waals surface area contributed by atoms with Crippen LogP contribution in [0.5, 0.6) is 5.75 Å². The van der Waals surface area contributed by atoms with E-state index in [0.717, 1.165) is 17.7 Å². The van der Waals surface area contributed by atoms with Gasteiger partial charge in [0.2, 0.25) is 0 Å². The molecular formula is C15H11F2N2O. The van der Waals surface area contributed by atoms with Crippen molar-refractivity contribution in [3.8, 4) is 17.0 Å². The zero-order valence-electron chi connectivity index (χ0n) is 10.6. The topological polar surface area (TPSA) is 48.8 Å². The summed E-state index contributed by atoms with van der Waals surface area (Å²) in [4.78, 5) is 3.01. The molecule has 101 valence electrons. The molecule has 3 aromatic rings. The summed E-state index contributed by atoms with van der Waals surface area (Å²) in [6.07, 6.45) is 0. The Bertz CT molecular complexity index is 757. The molecule has 0 aliphatic carbocycles. The second-order valence-corrected chi connectivity index (χ2v) is 4.45. The third-order valence-corrected chi connectivity index (χ3v) is 3.17. The summed E-state index contributed by atoms with van der Waals surface area (Å²) in [5, 5.41) is 0.584. The first kappa shape index (κ1) is 12.5. The number of nitrogens with one attached hydrogen (secondary N) is 2. The highest BCUT2D eigenvalue weighted by molar-refractivity contribution is 5.86. The van der Waals surface area contributed by atoms with Gasteiger partial charge in [-0.2, -0.15) is 0 Å². The molecule has 0 amide bonds. The SMILES string of the molecule is COc1ccc(-c2cc3cc(F)c(F)cc3[nH]2)cc1[NH]. The average molecular weight is 273 g/mol. The molecule has 0 bridgehead atoms. The van der Waals surface area contributed by atoms with Crippen LogP contribution in [0.4, 0.5) is 14.5 Å². The lowest BCUT2D eigenvalue weighted by molar-refractivity contribution is 0.416. The fourth-order valence-corrected chi connectivity index (χ4v) is 2.16. The van der Waals surface area contributed by atoms with Gasteiger partial charge in [0.1, 0.15) is 5.75 Å². The standard InChI is InChI=1S/C15H11F2N2O/c1-20-15-3-2-8(5-12(15)18)13-6-9-4-10(16)11(17)7-14(9)19-13/h2-7,18-19H,1H3. The van der Waals surface area contributed by atoms with Crippen LogP contribution in [0.25, 0.3) is 22.2 Å². The maximum atomic E-state index is 13.2. The number of hydrogen-bond donors (Lipinski definition) is 1. The normalized spacial score (nSPS) is 10.9. The molecule has 1 heterocycles. The Morgan fingerprint density at radius 1 is 1.05 bits per heavy atom. The summed E-state index contributed by atoms with van der Waals surface area (Å²) in [6, 6.07) is 9.10. The first-order valence-corrected chi connectivity index (χ1v) is 5.96. The number of H-pyrrole nitrogens is 1.